The summed E-state index contributed by atoms with van der Waals surface area (Å²) in [7, 11) is 0. The maximum Gasteiger partial charge on any atom is 0.146 e. The molecule has 1 aromatic heterocycles. The van der Waals surface area contributed by atoms with Crippen molar-refractivity contribution in [2.24, 2.45) is 10.8 Å². The molecule has 16 heavy (non-hydrogen) atoms. The summed E-state index contributed by atoms with van der Waals surface area (Å²) in [6.07, 6.45) is 2.75. The Kier molecular flexibility index (Phi) is 2.34. The number of nitrogens with zero attached hydrogens (tertiary/aromatic N) is 3. The third kappa shape index (κ3) is 1.58. The minimum absolute atomic E-state index is 0.647. The van der Waals surface area contributed by atoms with Gasteiger partial charge in [0, 0.05) is 29.4 Å². The van der Waals surface area contributed by atoms with Crippen molar-refractivity contribution in [1.29, 1.82) is 0 Å². The minimum Gasteiger partial charge on any atom is -0.376 e. The highest BCUT2D eigenvalue weighted by molar-refractivity contribution is 5.99. The van der Waals surface area contributed by atoms with E-state index in [2.05, 4.69) is 16.0 Å². The predicted octanol–water partition coefficient (Wildman–Crippen LogP) is 0.0902. The molecule has 84 valence electrons. The van der Waals surface area contributed by atoms with Crippen LogP contribution in [0.2, 0.25) is 0 Å². The fourth-order valence-electron chi connectivity index (χ4n) is 2.08. The lowest BCUT2D eigenvalue weighted by atomic mass is 10.1. The Hall–Kier alpha value is -1.46. The zero-order chi connectivity index (χ0) is 11.0. The summed E-state index contributed by atoms with van der Waals surface area (Å²) in [5.41, 5.74) is 3.29. The van der Waals surface area contributed by atoms with Crippen molar-refractivity contribution in [3.05, 3.63) is 29.1 Å². The number of amidine groups is 1. The van der Waals surface area contributed by atoms with Crippen molar-refractivity contribution in [1.82, 2.24) is 9.99 Å². The van der Waals surface area contributed by atoms with Crippen LogP contribution >= 0.6 is 0 Å². The van der Waals surface area contributed by atoms with E-state index in [4.69, 9.17) is 10.6 Å². The van der Waals surface area contributed by atoms with E-state index in [0.717, 1.165) is 48.8 Å². The van der Waals surface area contributed by atoms with Crippen molar-refractivity contribution in [3.8, 4) is 0 Å². The molecule has 3 rings (SSSR count). The first kappa shape index (κ1) is 9.74. The smallest absolute Gasteiger partial charge is 0.146 e. The number of hydrazine groups is 1. The van der Waals surface area contributed by atoms with E-state index in [1.54, 1.807) is 5.01 Å². The number of rotatable bonds is 1. The van der Waals surface area contributed by atoms with Crippen LogP contribution in [0.5, 0.6) is 0 Å². The van der Waals surface area contributed by atoms with Gasteiger partial charge < -0.3 is 4.74 Å². The van der Waals surface area contributed by atoms with Gasteiger partial charge in [-0.25, -0.2) is 5.84 Å². The number of nitrogens with two attached hydrogens (primary N) is 1. The molecule has 0 atom stereocenters. The van der Waals surface area contributed by atoms with E-state index in [0.29, 0.717) is 6.61 Å². The molecule has 0 saturated carbocycles. The highest BCUT2D eigenvalue weighted by Gasteiger charge is 2.18. The first-order valence-electron chi connectivity index (χ1n) is 5.47. The summed E-state index contributed by atoms with van der Waals surface area (Å²) in [6.45, 7) is 2.96. The maximum atomic E-state index is 5.83. The van der Waals surface area contributed by atoms with Crippen LogP contribution in [0.25, 0.3) is 0 Å². The molecule has 2 aliphatic heterocycles. The summed E-state index contributed by atoms with van der Waals surface area (Å²) in [4.78, 5) is 8.83. The Balaban J connectivity index is 1.97. The molecule has 0 spiro atoms. The van der Waals surface area contributed by atoms with Gasteiger partial charge in [-0.1, -0.05) is 0 Å². The van der Waals surface area contributed by atoms with Gasteiger partial charge in [0.1, 0.15) is 5.84 Å². The van der Waals surface area contributed by atoms with Gasteiger partial charge in [-0.3, -0.25) is 15.0 Å². The van der Waals surface area contributed by atoms with Crippen LogP contribution in [-0.4, -0.2) is 35.5 Å². The molecule has 0 saturated heterocycles. The minimum atomic E-state index is 0.647. The van der Waals surface area contributed by atoms with Crippen molar-refractivity contribution in [3.63, 3.8) is 0 Å². The predicted molar refractivity (Wildman–Crippen MR) is 59.9 cm³/mol. The molecule has 3 heterocycles. The SMILES string of the molecule is NN1CCN=C1c1cnc2c(c1)COCC2. The van der Waals surface area contributed by atoms with Crippen LogP contribution in [0.15, 0.2) is 17.3 Å². The third-order valence-corrected chi connectivity index (χ3v) is 2.93. The van der Waals surface area contributed by atoms with E-state index >= 15 is 0 Å². The quantitative estimate of drug-likeness (QED) is 0.678. The van der Waals surface area contributed by atoms with Crippen LogP contribution < -0.4 is 5.84 Å². The molecule has 0 radical (unpaired) electrons. The van der Waals surface area contributed by atoms with Gasteiger partial charge >= 0.3 is 0 Å². The Morgan fingerprint density at radius 3 is 3.19 bits per heavy atom. The molecular formula is C11H14N4O. The zero-order valence-electron chi connectivity index (χ0n) is 9.02. The van der Waals surface area contributed by atoms with Gasteiger partial charge in [0.05, 0.1) is 26.3 Å². The van der Waals surface area contributed by atoms with Crippen LogP contribution in [0.4, 0.5) is 0 Å². The van der Waals surface area contributed by atoms with Gasteiger partial charge in [-0.2, -0.15) is 0 Å². The number of aromatic nitrogens is 1. The van der Waals surface area contributed by atoms with E-state index in [9.17, 15) is 0 Å². The van der Waals surface area contributed by atoms with Gasteiger partial charge in [0.2, 0.25) is 0 Å². The lowest BCUT2D eigenvalue weighted by Crippen LogP contribution is -2.35. The Bertz CT molecular complexity index is 444. The number of hydrogen-bond donors (Lipinski definition) is 1. The molecule has 0 unspecified atom stereocenters. The molecule has 1 aromatic rings. The second-order valence-electron chi connectivity index (χ2n) is 4.03. The van der Waals surface area contributed by atoms with E-state index in [-0.39, 0.29) is 0 Å². The number of pyridine rings is 1. The molecule has 5 nitrogen and oxygen atoms in total. The van der Waals surface area contributed by atoms with Crippen LogP contribution in [0, 0.1) is 0 Å². The number of ether oxygens (including phenoxy) is 1. The Morgan fingerprint density at radius 2 is 2.38 bits per heavy atom. The number of aliphatic imine (C=N–C) groups is 1. The van der Waals surface area contributed by atoms with Crippen molar-refractivity contribution in [2.75, 3.05) is 19.7 Å². The highest BCUT2D eigenvalue weighted by atomic mass is 16.5. The van der Waals surface area contributed by atoms with Gasteiger partial charge in [0.25, 0.3) is 0 Å². The molecule has 0 bridgehead atoms. The van der Waals surface area contributed by atoms with Gasteiger partial charge in [-0.15, -0.1) is 0 Å². The van der Waals surface area contributed by atoms with Crippen molar-refractivity contribution >= 4 is 5.84 Å². The first-order valence-corrected chi connectivity index (χ1v) is 5.47. The van der Waals surface area contributed by atoms with E-state index < -0.39 is 0 Å². The zero-order valence-corrected chi connectivity index (χ0v) is 9.02. The van der Waals surface area contributed by atoms with Crippen LogP contribution in [0.3, 0.4) is 0 Å². The third-order valence-electron chi connectivity index (χ3n) is 2.93. The second kappa shape index (κ2) is 3.84. The Labute approximate surface area is 93.9 Å². The fourth-order valence-corrected chi connectivity index (χ4v) is 2.08. The van der Waals surface area contributed by atoms with Crippen molar-refractivity contribution in [2.45, 2.75) is 13.0 Å². The summed E-state index contributed by atoms with van der Waals surface area (Å²) in [5, 5.41) is 1.67. The first-order chi connectivity index (χ1) is 7.84. The van der Waals surface area contributed by atoms with E-state index in [1.807, 2.05) is 6.20 Å². The summed E-state index contributed by atoms with van der Waals surface area (Å²) in [5.74, 6) is 6.66. The monoisotopic (exact) mass is 218 g/mol. The maximum absolute atomic E-state index is 5.83. The summed E-state index contributed by atoms with van der Waals surface area (Å²) < 4.78 is 5.42. The molecule has 2 aliphatic rings. The molecule has 5 heteroatoms. The average Bonchev–Trinajstić information content (AvgIpc) is 2.75. The van der Waals surface area contributed by atoms with Crippen LogP contribution in [-0.2, 0) is 17.8 Å². The lowest BCUT2D eigenvalue weighted by Gasteiger charge is -2.18. The topological polar surface area (TPSA) is 63.7 Å². The van der Waals surface area contributed by atoms with Crippen LogP contribution in [0.1, 0.15) is 16.8 Å². The molecule has 0 amide bonds. The van der Waals surface area contributed by atoms with Gasteiger partial charge in [-0.05, 0) is 6.07 Å². The molecule has 0 aliphatic carbocycles. The fraction of sp³-hybridized carbons (Fsp3) is 0.455. The van der Waals surface area contributed by atoms with Gasteiger partial charge in [0.15, 0.2) is 0 Å². The molecular weight excluding hydrogens is 204 g/mol. The Morgan fingerprint density at radius 1 is 1.44 bits per heavy atom. The summed E-state index contributed by atoms with van der Waals surface area (Å²) >= 11 is 0. The largest absolute Gasteiger partial charge is 0.376 e. The average molecular weight is 218 g/mol. The normalized spacial score (nSPS) is 19.6. The molecule has 0 aromatic carbocycles. The lowest BCUT2D eigenvalue weighted by molar-refractivity contribution is 0.109. The van der Waals surface area contributed by atoms with Crippen molar-refractivity contribution < 1.29 is 4.74 Å². The van der Waals surface area contributed by atoms with E-state index in [1.165, 1.54) is 0 Å². The second-order valence-corrected chi connectivity index (χ2v) is 4.03. The highest BCUT2D eigenvalue weighted by Crippen LogP contribution is 2.17. The standard InChI is InChI=1S/C11H14N4O/c12-15-3-2-13-11(15)8-5-9-7-16-4-1-10(9)14-6-8/h5-6H,1-4,7,12H2. The number of fused-ring (bicyclic) bond motifs is 1. The molecule has 2 N–H and O–H groups in total. The summed E-state index contributed by atoms with van der Waals surface area (Å²) in [6, 6.07) is 2.09. The number of hydrogen-bond acceptors (Lipinski definition) is 5. The molecule has 0 fully saturated rings.